The van der Waals surface area contributed by atoms with Gasteiger partial charge >= 0.3 is 5.97 Å². The first-order chi connectivity index (χ1) is 5.68. The van der Waals surface area contributed by atoms with Crippen LogP contribution in [-0.4, -0.2) is 37.0 Å². The van der Waals surface area contributed by atoms with Crippen LogP contribution in [0.15, 0.2) is 0 Å². The van der Waals surface area contributed by atoms with Crippen LogP contribution in [0.5, 0.6) is 0 Å². The number of hydrogen-bond donors (Lipinski definition) is 1. The van der Waals surface area contributed by atoms with Crippen molar-refractivity contribution in [3.8, 4) is 0 Å². The number of rotatable bonds is 1. The highest BCUT2D eigenvalue weighted by molar-refractivity contribution is 5.78. The quantitative estimate of drug-likeness (QED) is 0.552. The molecule has 1 heterocycles. The maximum atomic E-state index is 11.3. The standard InChI is InChI=1S/C8H12O4/c1-11-7(10)8-2-5(9)6(3-8)12-4-8/h5-6,9H,2-4H2,1H3. The third-order valence-electron chi connectivity index (χ3n) is 2.81. The minimum absolute atomic E-state index is 0.149. The van der Waals surface area contributed by atoms with Gasteiger partial charge in [0, 0.05) is 0 Å². The van der Waals surface area contributed by atoms with Crippen molar-refractivity contribution in [2.75, 3.05) is 13.7 Å². The van der Waals surface area contributed by atoms with Crippen molar-refractivity contribution in [3.63, 3.8) is 0 Å². The molecule has 1 aliphatic heterocycles. The summed E-state index contributed by atoms with van der Waals surface area (Å²) in [4.78, 5) is 11.3. The number of carbonyl (C=O) groups excluding carboxylic acids is 1. The van der Waals surface area contributed by atoms with Crippen molar-refractivity contribution in [1.82, 2.24) is 0 Å². The van der Waals surface area contributed by atoms with Crippen molar-refractivity contribution in [1.29, 1.82) is 0 Å². The highest BCUT2D eigenvalue weighted by atomic mass is 16.5. The van der Waals surface area contributed by atoms with E-state index in [1.165, 1.54) is 7.11 Å². The van der Waals surface area contributed by atoms with Crippen LogP contribution in [0.3, 0.4) is 0 Å². The van der Waals surface area contributed by atoms with Crippen LogP contribution in [0.4, 0.5) is 0 Å². The Morgan fingerprint density at radius 2 is 2.42 bits per heavy atom. The molecular formula is C8H12O4. The fourth-order valence-corrected chi connectivity index (χ4v) is 2.13. The second-order valence-electron chi connectivity index (χ2n) is 3.60. The van der Waals surface area contributed by atoms with Gasteiger partial charge in [0.15, 0.2) is 0 Å². The van der Waals surface area contributed by atoms with E-state index >= 15 is 0 Å². The van der Waals surface area contributed by atoms with Gasteiger partial charge in [-0.25, -0.2) is 0 Å². The molecule has 0 spiro atoms. The van der Waals surface area contributed by atoms with Crippen molar-refractivity contribution in [3.05, 3.63) is 0 Å². The number of esters is 1. The smallest absolute Gasteiger partial charge is 0.314 e. The summed E-state index contributed by atoms with van der Waals surface area (Å²) in [6.07, 6.45) is 0.465. The zero-order valence-electron chi connectivity index (χ0n) is 6.95. The van der Waals surface area contributed by atoms with Crippen LogP contribution in [0.25, 0.3) is 0 Å². The van der Waals surface area contributed by atoms with Gasteiger partial charge in [-0.1, -0.05) is 0 Å². The highest BCUT2D eigenvalue weighted by Gasteiger charge is 2.56. The Morgan fingerprint density at radius 1 is 1.67 bits per heavy atom. The third-order valence-corrected chi connectivity index (χ3v) is 2.81. The van der Waals surface area contributed by atoms with Crippen LogP contribution in [0.2, 0.25) is 0 Å². The molecule has 3 unspecified atom stereocenters. The van der Waals surface area contributed by atoms with Gasteiger partial charge in [0.1, 0.15) is 0 Å². The molecule has 1 saturated carbocycles. The first-order valence-corrected chi connectivity index (χ1v) is 4.06. The van der Waals surface area contributed by atoms with Crippen molar-refractivity contribution >= 4 is 5.97 Å². The maximum Gasteiger partial charge on any atom is 0.314 e. The van der Waals surface area contributed by atoms with Gasteiger partial charge < -0.3 is 14.6 Å². The molecule has 0 radical (unpaired) electrons. The van der Waals surface area contributed by atoms with Gasteiger partial charge in [0.05, 0.1) is 31.3 Å². The minimum atomic E-state index is -0.543. The van der Waals surface area contributed by atoms with Crippen LogP contribution in [-0.2, 0) is 14.3 Å². The average molecular weight is 172 g/mol. The second-order valence-corrected chi connectivity index (χ2v) is 3.60. The number of methoxy groups -OCH3 is 1. The molecule has 1 saturated heterocycles. The molecule has 4 nitrogen and oxygen atoms in total. The lowest BCUT2D eigenvalue weighted by molar-refractivity contribution is -0.156. The lowest BCUT2D eigenvalue weighted by atomic mass is 9.88. The van der Waals surface area contributed by atoms with Crippen molar-refractivity contribution < 1.29 is 19.4 Å². The predicted octanol–water partition coefficient (Wildman–Crippen LogP) is -0.301. The lowest BCUT2D eigenvalue weighted by Gasteiger charge is -2.24. The van der Waals surface area contributed by atoms with Crippen LogP contribution in [0.1, 0.15) is 12.8 Å². The van der Waals surface area contributed by atoms with Gasteiger partial charge in [-0.05, 0) is 12.8 Å². The first-order valence-electron chi connectivity index (χ1n) is 4.06. The second kappa shape index (κ2) is 2.44. The van der Waals surface area contributed by atoms with E-state index < -0.39 is 11.5 Å². The van der Waals surface area contributed by atoms with Crippen LogP contribution in [0, 0.1) is 5.41 Å². The van der Waals surface area contributed by atoms with Gasteiger partial charge in [0.2, 0.25) is 0 Å². The van der Waals surface area contributed by atoms with E-state index in [4.69, 9.17) is 4.74 Å². The van der Waals surface area contributed by atoms with Crippen molar-refractivity contribution in [2.24, 2.45) is 5.41 Å². The normalized spacial score (nSPS) is 44.8. The SMILES string of the molecule is COC(=O)C12COC(C1)C(O)C2. The summed E-state index contributed by atoms with van der Waals surface area (Å²) in [5.74, 6) is -0.249. The minimum Gasteiger partial charge on any atom is -0.469 e. The zero-order chi connectivity index (χ0) is 8.77. The fourth-order valence-electron chi connectivity index (χ4n) is 2.13. The summed E-state index contributed by atoms with van der Waals surface area (Å²) in [7, 11) is 1.37. The Hall–Kier alpha value is -0.610. The van der Waals surface area contributed by atoms with Gasteiger partial charge in [-0.2, -0.15) is 0 Å². The number of ether oxygens (including phenoxy) is 2. The Balaban J connectivity index is 2.18. The van der Waals surface area contributed by atoms with E-state index in [9.17, 15) is 9.90 Å². The fraction of sp³-hybridized carbons (Fsp3) is 0.875. The Kier molecular flexibility index (Phi) is 1.63. The molecule has 2 aliphatic rings. The summed E-state index contributed by atoms with van der Waals surface area (Å²) in [5.41, 5.74) is -0.543. The van der Waals surface area contributed by atoms with Crippen LogP contribution >= 0.6 is 0 Å². The van der Waals surface area contributed by atoms with E-state index in [1.807, 2.05) is 0 Å². The number of fused-ring (bicyclic) bond motifs is 2. The molecule has 2 fully saturated rings. The lowest BCUT2D eigenvalue weighted by Crippen LogP contribution is -2.35. The summed E-state index contributed by atoms with van der Waals surface area (Å²) < 4.78 is 9.91. The molecule has 3 atom stereocenters. The Morgan fingerprint density at radius 3 is 2.83 bits per heavy atom. The molecule has 12 heavy (non-hydrogen) atoms. The molecule has 4 heteroatoms. The molecule has 2 bridgehead atoms. The van der Waals surface area contributed by atoms with Crippen LogP contribution < -0.4 is 0 Å². The van der Waals surface area contributed by atoms with E-state index in [2.05, 4.69) is 4.74 Å². The van der Waals surface area contributed by atoms with E-state index in [0.717, 1.165) is 0 Å². The Labute approximate surface area is 70.5 Å². The van der Waals surface area contributed by atoms with E-state index in [0.29, 0.717) is 19.4 Å². The zero-order valence-corrected chi connectivity index (χ0v) is 6.95. The number of hydrogen-bond acceptors (Lipinski definition) is 4. The summed E-state index contributed by atoms with van der Waals surface area (Å²) in [5, 5.41) is 9.40. The molecule has 0 aromatic rings. The van der Waals surface area contributed by atoms with E-state index in [1.54, 1.807) is 0 Å². The molecule has 2 rings (SSSR count). The highest BCUT2D eigenvalue weighted by Crippen LogP contribution is 2.46. The molecule has 0 amide bonds. The van der Waals surface area contributed by atoms with Gasteiger partial charge in [0.25, 0.3) is 0 Å². The van der Waals surface area contributed by atoms with Gasteiger partial charge in [-0.15, -0.1) is 0 Å². The van der Waals surface area contributed by atoms with Gasteiger partial charge in [-0.3, -0.25) is 4.79 Å². The van der Waals surface area contributed by atoms with E-state index in [-0.39, 0.29) is 12.1 Å². The molecule has 1 N–H and O–H groups in total. The monoisotopic (exact) mass is 172 g/mol. The number of aliphatic hydroxyl groups is 1. The first kappa shape index (κ1) is 8.01. The summed E-state index contributed by atoms with van der Waals surface area (Å²) in [6, 6.07) is 0. The molecule has 68 valence electrons. The molecule has 0 aromatic carbocycles. The third kappa shape index (κ3) is 0.881. The molecule has 0 aromatic heterocycles. The summed E-state index contributed by atoms with van der Waals surface area (Å²) in [6.45, 7) is 0.404. The topological polar surface area (TPSA) is 55.8 Å². The summed E-state index contributed by atoms with van der Waals surface area (Å²) >= 11 is 0. The molecular weight excluding hydrogens is 160 g/mol. The number of carbonyl (C=O) groups is 1. The Bertz CT molecular complexity index is 211. The maximum absolute atomic E-state index is 11.3. The number of aliphatic hydroxyl groups excluding tert-OH is 1. The largest absolute Gasteiger partial charge is 0.469 e. The predicted molar refractivity (Wildman–Crippen MR) is 39.4 cm³/mol. The van der Waals surface area contributed by atoms with Crippen molar-refractivity contribution in [2.45, 2.75) is 25.0 Å². The average Bonchev–Trinajstić information content (AvgIpc) is 2.60. The molecule has 1 aliphatic carbocycles.